The van der Waals surface area contributed by atoms with E-state index in [1.54, 1.807) is 0 Å². The van der Waals surface area contributed by atoms with Crippen LogP contribution in [0.4, 0.5) is 0 Å². The fraction of sp³-hybridized carbons (Fsp3) is 0.857. The lowest BCUT2D eigenvalue weighted by Crippen LogP contribution is -2.46. The molecule has 1 saturated carbocycles. The lowest BCUT2D eigenvalue weighted by Gasteiger charge is -2.39. The van der Waals surface area contributed by atoms with E-state index in [1.807, 2.05) is 13.8 Å². The maximum atomic E-state index is 12.2. The Labute approximate surface area is 109 Å². The number of nitrogens with one attached hydrogen (secondary N) is 1. The van der Waals surface area contributed by atoms with Crippen LogP contribution in [0.15, 0.2) is 0 Å². The molecule has 0 bridgehead atoms. The molecule has 2 atom stereocenters. The van der Waals surface area contributed by atoms with E-state index in [-0.39, 0.29) is 23.9 Å². The van der Waals surface area contributed by atoms with Crippen molar-refractivity contribution in [3.63, 3.8) is 0 Å². The molecule has 2 aliphatic rings. The Kier molecular flexibility index (Phi) is 3.76. The quantitative estimate of drug-likeness (QED) is 0.758. The van der Waals surface area contributed by atoms with Gasteiger partial charge < -0.3 is 5.32 Å². The molecule has 0 aromatic rings. The summed E-state index contributed by atoms with van der Waals surface area (Å²) in [6, 6.07) is -0.264. The highest BCUT2D eigenvalue weighted by Crippen LogP contribution is 2.39. The Bertz CT molecular complexity index is 350. The highest BCUT2D eigenvalue weighted by atomic mass is 16.2. The third-order valence-corrected chi connectivity index (χ3v) is 4.55. The van der Waals surface area contributed by atoms with E-state index in [4.69, 9.17) is 0 Å². The predicted octanol–water partition coefficient (Wildman–Crippen LogP) is 1.69. The second-order valence-corrected chi connectivity index (χ2v) is 6.16. The van der Waals surface area contributed by atoms with Crippen LogP contribution in [0.25, 0.3) is 0 Å². The van der Waals surface area contributed by atoms with Crippen molar-refractivity contribution in [2.24, 2.45) is 5.41 Å². The Morgan fingerprint density at radius 3 is 2.61 bits per heavy atom. The van der Waals surface area contributed by atoms with Crippen molar-refractivity contribution in [2.45, 2.75) is 65.0 Å². The molecular formula is C14H24N2O2. The number of hydrogen-bond donors (Lipinski definition) is 1. The number of amides is 2. The maximum Gasteiger partial charge on any atom is 0.247 e. The molecule has 0 aromatic heterocycles. The summed E-state index contributed by atoms with van der Waals surface area (Å²) in [5.41, 5.74) is 0.340. The van der Waals surface area contributed by atoms with Crippen molar-refractivity contribution >= 4 is 11.8 Å². The Morgan fingerprint density at radius 2 is 2.11 bits per heavy atom. The summed E-state index contributed by atoms with van der Waals surface area (Å²) >= 11 is 0. The van der Waals surface area contributed by atoms with E-state index in [9.17, 15) is 9.59 Å². The number of imide groups is 1. The normalized spacial score (nSPS) is 28.4. The zero-order valence-corrected chi connectivity index (χ0v) is 11.7. The second-order valence-electron chi connectivity index (χ2n) is 6.16. The topological polar surface area (TPSA) is 49.4 Å². The Morgan fingerprint density at radius 1 is 1.44 bits per heavy atom. The Balaban J connectivity index is 1.91. The smallest absolute Gasteiger partial charge is 0.247 e. The molecule has 4 nitrogen and oxygen atoms in total. The molecule has 18 heavy (non-hydrogen) atoms. The average molecular weight is 252 g/mol. The molecule has 102 valence electrons. The van der Waals surface area contributed by atoms with E-state index < -0.39 is 0 Å². The minimum Gasteiger partial charge on any atom is -0.305 e. The van der Waals surface area contributed by atoms with Crippen LogP contribution in [0.3, 0.4) is 0 Å². The van der Waals surface area contributed by atoms with Gasteiger partial charge in [0.1, 0.15) is 0 Å². The highest BCUT2D eigenvalue weighted by Gasteiger charge is 2.41. The van der Waals surface area contributed by atoms with Gasteiger partial charge in [0.15, 0.2) is 0 Å². The van der Waals surface area contributed by atoms with Gasteiger partial charge in [-0.05, 0) is 31.6 Å². The summed E-state index contributed by atoms with van der Waals surface area (Å²) in [4.78, 5) is 25.5. The van der Waals surface area contributed by atoms with Gasteiger partial charge in [0.25, 0.3) is 0 Å². The molecule has 0 aromatic carbocycles. The van der Waals surface area contributed by atoms with Crippen molar-refractivity contribution in [1.29, 1.82) is 0 Å². The first-order chi connectivity index (χ1) is 8.47. The molecule has 2 unspecified atom stereocenters. The minimum absolute atomic E-state index is 0.0226. The summed E-state index contributed by atoms with van der Waals surface area (Å²) < 4.78 is 0. The van der Waals surface area contributed by atoms with Crippen molar-refractivity contribution in [3.8, 4) is 0 Å². The SMILES string of the molecule is CCC(C)N1C(=O)CC(NCC2(C)CCC2)C1=O. The molecule has 2 amide bonds. The van der Waals surface area contributed by atoms with Crippen LogP contribution >= 0.6 is 0 Å². The largest absolute Gasteiger partial charge is 0.305 e. The summed E-state index contributed by atoms with van der Waals surface area (Å²) in [6.45, 7) is 7.04. The second kappa shape index (κ2) is 5.00. The van der Waals surface area contributed by atoms with Crippen molar-refractivity contribution in [2.75, 3.05) is 6.54 Å². The van der Waals surface area contributed by atoms with Crippen molar-refractivity contribution < 1.29 is 9.59 Å². The molecule has 0 spiro atoms. The number of rotatable bonds is 5. The van der Waals surface area contributed by atoms with Crippen LogP contribution in [-0.2, 0) is 9.59 Å². The minimum atomic E-state index is -0.288. The lowest BCUT2D eigenvalue weighted by atomic mass is 9.70. The zero-order valence-electron chi connectivity index (χ0n) is 11.7. The molecular weight excluding hydrogens is 228 g/mol. The Hall–Kier alpha value is -0.900. The van der Waals surface area contributed by atoms with Gasteiger partial charge in [0.05, 0.1) is 12.5 Å². The fourth-order valence-electron chi connectivity index (χ4n) is 2.78. The van der Waals surface area contributed by atoms with Crippen LogP contribution < -0.4 is 5.32 Å². The molecule has 2 fully saturated rings. The van der Waals surface area contributed by atoms with Crippen molar-refractivity contribution in [1.82, 2.24) is 10.2 Å². The van der Waals surface area contributed by atoms with Crippen LogP contribution in [0.2, 0.25) is 0 Å². The summed E-state index contributed by atoms with van der Waals surface area (Å²) in [7, 11) is 0. The van der Waals surface area contributed by atoms with Crippen LogP contribution in [0.5, 0.6) is 0 Å². The van der Waals surface area contributed by atoms with E-state index in [1.165, 1.54) is 24.2 Å². The zero-order chi connectivity index (χ0) is 13.3. The van der Waals surface area contributed by atoms with Gasteiger partial charge in [-0.15, -0.1) is 0 Å². The molecule has 1 aliphatic carbocycles. The summed E-state index contributed by atoms with van der Waals surface area (Å²) in [6.07, 6.45) is 4.89. The van der Waals surface area contributed by atoms with Gasteiger partial charge in [-0.1, -0.05) is 20.3 Å². The first-order valence-electron chi connectivity index (χ1n) is 7.06. The fourth-order valence-corrected chi connectivity index (χ4v) is 2.78. The lowest BCUT2D eigenvalue weighted by molar-refractivity contribution is -0.141. The van der Waals surface area contributed by atoms with Crippen molar-refractivity contribution in [3.05, 3.63) is 0 Å². The monoisotopic (exact) mass is 252 g/mol. The number of hydrogen-bond acceptors (Lipinski definition) is 3. The molecule has 1 N–H and O–H groups in total. The average Bonchev–Trinajstić information content (AvgIpc) is 2.58. The first-order valence-corrected chi connectivity index (χ1v) is 7.06. The van der Waals surface area contributed by atoms with Gasteiger partial charge >= 0.3 is 0 Å². The number of nitrogens with zero attached hydrogens (tertiary/aromatic N) is 1. The molecule has 1 heterocycles. The van der Waals surface area contributed by atoms with Gasteiger partial charge in [0.2, 0.25) is 11.8 Å². The van der Waals surface area contributed by atoms with Gasteiger partial charge in [0, 0.05) is 12.6 Å². The highest BCUT2D eigenvalue weighted by molar-refractivity contribution is 6.05. The molecule has 2 rings (SSSR count). The predicted molar refractivity (Wildman–Crippen MR) is 70.0 cm³/mol. The van der Waals surface area contributed by atoms with Gasteiger partial charge in [-0.2, -0.15) is 0 Å². The van der Waals surface area contributed by atoms with Crippen LogP contribution in [0.1, 0.15) is 52.9 Å². The number of likely N-dealkylation sites (tertiary alicyclic amines) is 1. The summed E-state index contributed by atoms with van der Waals surface area (Å²) in [5, 5.41) is 3.30. The third kappa shape index (κ3) is 2.44. The number of carbonyl (C=O) groups is 2. The molecule has 1 aliphatic heterocycles. The summed E-state index contributed by atoms with van der Waals surface area (Å²) in [5.74, 6) is -0.0529. The van der Waals surface area contributed by atoms with E-state index in [0.717, 1.165) is 13.0 Å². The molecule has 0 radical (unpaired) electrons. The molecule has 1 saturated heterocycles. The third-order valence-electron chi connectivity index (χ3n) is 4.55. The standard InChI is InChI=1S/C14H24N2O2/c1-4-10(2)16-12(17)8-11(13(16)18)15-9-14(3)6-5-7-14/h10-11,15H,4-9H2,1-3H3. The maximum absolute atomic E-state index is 12.2. The van der Waals surface area contributed by atoms with E-state index in [0.29, 0.717) is 11.8 Å². The van der Waals surface area contributed by atoms with E-state index in [2.05, 4.69) is 12.2 Å². The molecule has 4 heteroatoms. The van der Waals surface area contributed by atoms with E-state index >= 15 is 0 Å². The van der Waals surface area contributed by atoms with Crippen LogP contribution in [-0.4, -0.2) is 35.3 Å². The van der Waals surface area contributed by atoms with Gasteiger partial charge in [-0.3, -0.25) is 14.5 Å². The first kappa shape index (κ1) is 13.5. The van der Waals surface area contributed by atoms with Gasteiger partial charge in [-0.25, -0.2) is 0 Å². The van der Waals surface area contributed by atoms with Crippen LogP contribution in [0, 0.1) is 5.41 Å². The number of carbonyl (C=O) groups excluding carboxylic acids is 2.